The number of allylic oxidation sites excluding steroid dienone is 2. The SMILES string of the molecule is C=C/C(=C\N(C)C1CCC1)c1cc(Cl)c2ccc(C(=C)N3CCN(C(=C)c4cn(C5CC5)nn4)CC3)cc2n1.CC. The van der Waals surface area contributed by atoms with E-state index in [0.717, 1.165) is 71.0 Å². The van der Waals surface area contributed by atoms with Crippen LogP contribution < -0.4 is 0 Å². The molecule has 2 aromatic heterocycles. The average Bonchev–Trinajstić information content (AvgIpc) is 3.71. The fourth-order valence-electron chi connectivity index (χ4n) is 5.37. The monoisotopic (exact) mass is 571 g/mol. The van der Waals surface area contributed by atoms with Gasteiger partial charge in [0.1, 0.15) is 5.69 Å². The molecule has 0 atom stereocenters. The van der Waals surface area contributed by atoms with E-state index in [0.29, 0.717) is 17.1 Å². The van der Waals surface area contributed by atoms with Gasteiger partial charge < -0.3 is 14.7 Å². The molecular weight excluding hydrogens is 530 g/mol. The zero-order chi connectivity index (χ0) is 29.1. The standard InChI is InChI=1S/C31H36ClN7.C2H6/c1-5-23(19-36(4)25-7-6-8-25)29-18-28(32)27-12-9-24(17-30(27)33-29)21(2)37-13-15-38(16-14-37)22(3)31-20-39(35-34-31)26-10-11-26;1-2/h5,9,12,17-20,25-26H,1-3,6-8,10-11,13-16H2,4H3;1-2H3/b23-19+;. The summed E-state index contributed by atoms with van der Waals surface area (Å²) in [6, 6.07) is 9.30. The minimum atomic E-state index is 0.523. The summed E-state index contributed by atoms with van der Waals surface area (Å²) in [6.07, 6.45) is 12.2. The second kappa shape index (κ2) is 12.5. The Kier molecular flexibility index (Phi) is 8.83. The van der Waals surface area contributed by atoms with Crippen molar-refractivity contribution in [3.8, 4) is 0 Å². The summed E-state index contributed by atoms with van der Waals surface area (Å²) in [5.41, 5.74) is 6.54. The summed E-state index contributed by atoms with van der Waals surface area (Å²) in [5, 5.41) is 10.3. The van der Waals surface area contributed by atoms with Crippen LogP contribution in [0.1, 0.15) is 68.9 Å². The molecule has 0 bridgehead atoms. The Morgan fingerprint density at radius 2 is 1.66 bits per heavy atom. The summed E-state index contributed by atoms with van der Waals surface area (Å²) < 4.78 is 1.98. The maximum Gasteiger partial charge on any atom is 0.128 e. The number of benzene rings is 1. The molecule has 41 heavy (non-hydrogen) atoms. The normalized spacial score (nSPS) is 17.5. The molecule has 2 aliphatic carbocycles. The van der Waals surface area contributed by atoms with E-state index >= 15 is 0 Å². The lowest BCUT2D eigenvalue weighted by molar-refractivity contribution is 0.218. The lowest BCUT2D eigenvalue weighted by atomic mass is 9.92. The van der Waals surface area contributed by atoms with E-state index in [9.17, 15) is 0 Å². The fourth-order valence-corrected chi connectivity index (χ4v) is 5.64. The zero-order valence-corrected chi connectivity index (χ0v) is 25.4. The first-order valence-electron chi connectivity index (χ1n) is 14.9. The van der Waals surface area contributed by atoms with Crippen molar-refractivity contribution in [1.29, 1.82) is 0 Å². The van der Waals surface area contributed by atoms with Gasteiger partial charge in [-0.2, -0.15) is 0 Å². The largest absolute Gasteiger partial charge is 0.377 e. The van der Waals surface area contributed by atoms with Crippen molar-refractivity contribution in [3.63, 3.8) is 0 Å². The first-order chi connectivity index (χ1) is 19.9. The molecule has 8 heteroatoms. The van der Waals surface area contributed by atoms with Crippen LogP contribution in [0.15, 0.2) is 62.5 Å². The molecular formula is C33H42ClN7. The van der Waals surface area contributed by atoms with Crippen LogP contribution in [0.4, 0.5) is 0 Å². The number of halogens is 1. The topological polar surface area (TPSA) is 53.3 Å². The Morgan fingerprint density at radius 1 is 0.976 bits per heavy atom. The van der Waals surface area contributed by atoms with Crippen molar-refractivity contribution in [3.05, 3.63) is 84.4 Å². The van der Waals surface area contributed by atoms with Crippen molar-refractivity contribution in [2.24, 2.45) is 0 Å². The predicted molar refractivity (Wildman–Crippen MR) is 171 cm³/mol. The minimum Gasteiger partial charge on any atom is -0.377 e. The Morgan fingerprint density at radius 3 is 2.27 bits per heavy atom. The van der Waals surface area contributed by atoms with Crippen molar-refractivity contribution < 1.29 is 0 Å². The molecule has 6 rings (SSSR count). The van der Waals surface area contributed by atoms with Gasteiger partial charge in [-0.25, -0.2) is 9.67 Å². The van der Waals surface area contributed by atoms with Crippen molar-refractivity contribution >= 4 is 39.5 Å². The van der Waals surface area contributed by atoms with E-state index < -0.39 is 0 Å². The third-order valence-corrected chi connectivity index (χ3v) is 8.68. The molecule has 1 aromatic carbocycles. The number of hydrogen-bond acceptors (Lipinski definition) is 6. The number of nitrogens with zero attached hydrogens (tertiary/aromatic N) is 7. The Bertz CT molecular complexity index is 1460. The molecule has 0 spiro atoms. The van der Waals surface area contributed by atoms with Crippen LogP contribution >= 0.6 is 11.6 Å². The van der Waals surface area contributed by atoms with Gasteiger partial charge in [0.05, 0.1) is 34.2 Å². The molecule has 0 unspecified atom stereocenters. The quantitative estimate of drug-likeness (QED) is 0.255. The Hall–Kier alpha value is -3.58. The summed E-state index contributed by atoms with van der Waals surface area (Å²) in [6.45, 7) is 20.2. The molecule has 3 fully saturated rings. The van der Waals surface area contributed by atoms with Gasteiger partial charge in [-0.1, -0.05) is 68.6 Å². The lowest BCUT2D eigenvalue weighted by Gasteiger charge is -2.38. The molecule has 0 radical (unpaired) electrons. The van der Waals surface area contributed by atoms with Crippen LogP contribution in [0.2, 0.25) is 5.02 Å². The smallest absolute Gasteiger partial charge is 0.128 e. The number of aromatic nitrogens is 4. The van der Waals surface area contributed by atoms with Crippen molar-refractivity contribution in [1.82, 2.24) is 34.7 Å². The summed E-state index contributed by atoms with van der Waals surface area (Å²) in [4.78, 5) is 11.9. The van der Waals surface area contributed by atoms with E-state index in [1.54, 1.807) is 0 Å². The van der Waals surface area contributed by atoms with Gasteiger partial charge in [0.25, 0.3) is 0 Å². The van der Waals surface area contributed by atoms with Crippen LogP contribution in [0.5, 0.6) is 0 Å². The average molecular weight is 572 g/mol. The maximum atomic E-state index is 6.73. The van der Waals surface area contributed by atoms with Gasteiger partial charge in [-0.05, 0) is 49.8 Å². The van der Waals surface area contributed by atoms with Crippen LogP contribution in [-0.4, -0.2) is 73.9 Å². The van der Waals surface area contributed by atoms with Gasteiger partial charge in [0.2, 0.25) is 0 Å². The highest BCUT2D eigenvalue weighted by Crippen LogP contribution is 2.35. The van der Waals surface area contributed by atoms with E-state index in [-0.39, 0.29) is 0 Å². The number of rotatable bonds is 9. The first kappa shape index (κ1) is 28.9. The van der Waals surface area contributed by atoms with Gasteiger partial charge in [0.15, 0.2) is 0 Å². The molecule has 3 aromatic rings. The highest BCUT2D eigenvalue weighted by molar-refractivity contribution is 6.35. The molecule has 7 nitrogen and oxygen atoms in total. The lowest BCUT2D eigenvalue weighted by Crippen LogP contribution is -2.44. The third kappa shape index (κ3) is 6.20. The van der Waals surface area contributed by atoms with Crippen LogP contribution in [-0.2, 0) is 0 Å². The van der Waals surface area contributed by atoms with E-state index in [2.05, 4.69) is 70.1 Å². The van der Waals surface area contributed by atoms with Gasteiger partial charge in [-0.15, -0.1) is 5.10 Å². The summed E-state index contributed by atoms with van der Waals surface area (Å²) in [5.74, 6) is 0. The maximum absolute atomic E-state index is 6.73. The second-order valence-electron chi connectivity index (χ2n) is 10.9. The van der Waals surface area contributed by atoms with E-state index in [4.69, 9.17) is 16.6 Å². The molecule has 1 saturated heterocycles. The predicted octanol–water partition coefficient (Wildman–Crippen LogP) is 7.11. The van der Waals surface area contributed by atoms with E-state index in [1.165, 1.54) is 32.1 Å². The number of hydrogen-bond donors (Lipinski definition) is 0. The fraction of sp³-hybridized carbons (Fsp3) is 0.424. The summed E-state index contributed by atoms with van der Waals surface area (Å²) in [7, 11) is 2.13. The Labute approximate surface area is 249 Å². The van der Waals surface area contributed by atoms with Crippen LogP contribution in [0.3, 0.4) is 0 Å². The van der Waals surface area contributed by atoms with Gasteiger partial charge in [-0.3, -0.25) is 0 Å². The first-order valence-corrected chi connectivity index (χ1v) is 15.3. The second-order valence-corrected chi connectivity index (χ2v) is 11.3. The molecule has 0 amide bonds. The van der Waals surface area contributed by atoms with Gasteiger partial charge >= 0.3 is 0 Å². The van der Waals surface area contributed by atoms with Gasteiger partial charge in [0, 0.05) is 62.1 Å². The molecule has 3 aliphatic rings. The summed E-state index contributed by atoms with van der Waals surface area (Å²) >= 11 is 6.73. The van der Waals surface area contributed by atoms with Crippen molar-refractivity contribution in [2.75, 3.05) is 33.2 Å². The molecule has 0 N–H and O–H groups in total. The minimum absolute atomic E-state index is 0.523. The Balaban J connectivity index is 0.00000165. The molecule has 1 aliphatic heterocycles. The van der Waals surface area contributed by atoms with Crippen LogP contribution in [0, 0.1) is 0 Å². The van der Waals surface area contributed by atoms with Crippen LogP contribution in [0.25, 0.3) is 27.9 Å². The number of fused-ring (bicyclic) bond motifs is 1. The third-order valence-electron chi connectivity index (χ3n) is 8.37. The van der Waals surface area contributed by atoms with E-state index in [1.807, 2.05) is 42.9 Å². The highest BCUT2D eigenvalue weighted by Gasteiger charge is 2.27. The number of pyridine rings is 1. The highest BCUT2D eigenvalue weighted by atomic mass is 35.5. The molecule has 216 valence electrons. The molecule has 2 saturated carbocycles. The zero-order valence-electron chi connectivity index (χ0n) is 24.7. The van der Waals surface area contributed by atoms with Crippen molar-refractivity contribution in [2.45, 2.75) is 58.0 Å². The molecule has 3 heterocycles. The number of piperazine rings is 1.